The van der Waals surface area contributed by atoms with Crippen molar-refractivity contribution < 1.29 is 4.74 Å². The highest BCUT2D eigenvalue weighted by atomic mass is 35.5. The van der Waals surface area contributed by atoms with Crippen LogP contribution in [0.5, 0.6) is 0 Å². The van der Waals surface area contributed by atoms with Crippen molar-refractivity contribution in [2.24, 2.45) is 0 Å². The number of aromatic nitrogens is 2. The van der Waals surface area contributed by atoms with Gasteiger partial charge in [0.05, 0.1) is 11.9 Å². The van der Waals surface area contributed by atoms with Gasteiger partial charge in [-0.2, -0.15) is 5.10 Å². The minimum atomic E-state index is -0.238. The highest BCUT2D eigenvalue weighted by molar-refractivity contribution is 6.32. The molecule has 0 saturated heterocycles. The van der Waals surface area contributed by atoms with E-state index in [0.717, 1.165) is 32.3 Å². The number of hydrogen-bond donors (Lipinski definition) is 1. The molecule has 1 aromatic rings. The van der Waals surface area contributed by atoms with Crippen LogP contribution in [0.1, 0.15) is 39.5 Å². The molecule has 0 atom stereocenters. The number of unbranched alkanes of at least 4 members (excludes halogenated alkanes) is 1. The van der Waals surface area contributed by atoms with E-state index in [1.165, 1.54) is 4.68 Å². The summed E-state index contributed by atoms with van der Waals surface area (Å²) < 4.78 is 6.85. The molecule has 0 fully saturated rings. The number of ether oxygens (including phenoxy) is 1. The molecule has 5 nitrogen and oxygen atoms in total. The lowest BCUT2D eigenvalue weighted by Gasteiger charge is -2.10. The summed E-state index contributed by atoms with van der Waals surface area (Å²) in [6.45, 7) is 6.96. The Morgan fingerprint density at radius 1 is 1.30 bits per heavy atom. The van der Waals surface area contributed by atoms with Gasteiger partial charge >= 0.3 is 0 Å². The molecule has 0 aromatic carbocycles. The monoisotopic (exact) mass is 301 g/mol. The standard InChI is InChI=1S/C14H24ClN3O2/c1-3-5-9-20-10-6-7-16-12-11-17-18(8-4-2)14(19)13(12)15/h11,16H,3-10H2,1-2H3. The quantitative estimate of drug-likeness (QED) is 0.675. The van der Waals surface area contributed by atoms with Crippen LogP contribution in [-0.4, -0.2) is 29.5 Å². The predicted molar refractivity (Wildman–Crippen MR) is 82.6 cm³/mol. The fourth-order valence-electron chi connectivity index (χ4n) is 1.71. The van der Waals surface area contributed by atoms with E-state index in [1.54, 1.807) is 6.20 Å². The van der Waals surface area contributed by atoms with Gasteiger partial charge in [-0.15, -0.1) is 0 Å². The summed E-state index contributed by atoms with van der Waals surface area (Å²) in [4.78, 5) is 11.9. The Morgan fingerprint density at radius 2 is 2.05 bits per heavy atom. The van der Waals surface area contributed by atoms with Crippen molar-refractivity contribution in [3.05, 3.63) is 21.6 Å². The van der Waals surface area contributed by atoms with Gasteiger partial charge < -0.3 is 10.1 Å². The number of rotatable bonds is 10. The molecule has 0 spiro atoms. The molecule has 0 aliphatic carbocycles. The Hall–Kier alpha value is -1.07. The molecule has 1 aromatic heterocycles. The van der Waals surface area contributed by atoms with Crippen LogP contribution >= 0.6 is 11.6 Å². The lowest BCUT2D eigenvalue weighted by molar-refractivity contribution is 0.131. The van der Waals surface area contributed by atoms with Crippen LogP contribution in [0.15, 0.2) is 11.0 Å². The van der Waals surface area contributed by atoms with Gasteiger partial charge in [-0.05, 0) is 19.3 Å². The largest absolute Gasteiger partial charge is 0.382 e. The molecule has 0 saturated carbocycles. The molecule has 20 heavy (non-hydrogen) atoms. The van der Waals surface area contributed by atoms with Gasteiger partial charge in [-0.1, -0.05) is 31.9 Å². The maximum Gasteiger partial charge on any atom is 0.287 e. The maximum atomic E-state index is 11.9. The van der Waals surface area contributed by atoms with Gasteiger partial charge in [0.25, 0.3) is 5.56 Å². The van der Waals surface area contributed by atoms with Crippen LogP contribution in [0.25, 0.3) is 0 Å². The van der Waals surface area contributed by atoms with E-state index < -0.39 is 0 Å². The number of nitrogens with one attached hydrogen (secondary N) is 1. The number of halogens is 1. The summed E-state index contributed by atoms with van der Waals surface area (Å²) in [5, 5.41) is 7.43. The molecule has 1 rings (SSSR count). The van der Waals surface area contributed by atoms with Gasteiger partial charge in [-0.25, -0.2) is 4.68 Å². The Labute approximate surface area is 125 Å². The Bertz CT molecular complexity index is 449. The molecule has 6 heteroatoms. The second-order valence-electron chi connectivity index (χ2n) is 4.65. The van der Waals surface area contributed by atoms with Crippen molar-refractivity contribution in [2.75, 3.05) is 25.1 Å². The molecule has 114 valence electrons. The minimum Gasteiger partial charge on any atom is -0.382 e. The van der Waals surface area contributed by atoms with Gasteiger partial charge in [-0.3, -0.25) is 4.79 Å². The van der Waals surface area contributed by atoms with Crippen LogP contribution in [0.4, 0.5) is 5.69 Å². The summed E-state index contributed by atoms with van der Waals surface area (Å²) >= 11 is 6.05. The molecule has 0 bridgehead atoms. The molecule has 0 aliphatic rings. The first-order valence-electron chi connectivity index (χ1n) is 7.27. The summed E-state index contributed by atoms with van der Waals surface area (Å²) in [6, 6.07) is 0. The molecule has 1 N–H and O–H groups in total. The third-order valence-electron chi connectivity index (χ3n) is 2.84. The SMILES string of the molecule is CCCCOCCCNc1cnn(CCC)c(=O)c1Cl. The zero-order chi connectivity index (χ0) is 14.8. The summed E-state index contributed by atoms with van der Waals surface area (Å²) in [5.41, 5.74) is 0.357. The van der Waals surface area contributed by atoms with Crippen LogP contribution in [0, 0.1) is 0 Å². The van der Waals surface area contributed by atoms with E-state index in [9.17, 15) is 4.79 Å². The van der Waals surface area contributed by atoms with E-state index in [2.05, 4.69) is 17.3 Å². The highest BCUT2D eigenvalue weighted by Crippen LogP contribution is 2.15. The Morgan fingerprint density at radius 3 is 2.75 bits per heavy atom. The van der Waals surface area contributed by atoms with E-state index in [-0.39, 0.29) is 10.6 Å². The molecule has 0 unspecified atom stereocenters. The van der Waals surface area contributed by atoms with Gasteiger partial charge in [0.1, 0.15) is 5.02 Å². The van der Waals surface area contributed by atoms with E-state index in [4.69, 9.17) is 16.3 Å². The molecule has 1 heterocycles. The smallest absolute Gasteiger partial charge is 0.287 e. The van der Waals surface area contributed by atoms with Crippen LogP contribution < -0.4 is 10.9 Å². The van der Waals surface area contributed by atoms with E-state index in [0.29, 0.717) is 25.4 Å². The first kappa shape index (κ1) is 17.0. The average molecular weight is 302 g/mol. The maximum absolute atomic E-state index is 11.9. The molecule has 0 radical (unpaired) electrons. The third kappa shape index (κ3) is 5.51. The first-order chi connectivity index (χ1) is 9.70. The second kappa shape index (κ2) is 9.77. The number of hydrogen-bond acceptors (Lipinski definition) is 4. The van der Waals surface area contributed by atoms with Crippen molar-refractivity contribution in [3.8, 4) is 0 Å². The van der Waals surface area contributed by atoms with Crippen LogP contribution in [0.2, 0.25) is 5.02 Å². The van der Waals surface area contributed by atoms with Crippen LogP contribution in [0.3, 0.4) is 0 Å². The Kier molecular flexibility index (Phi) is 8.30. The van der Waals surface area contributed by atoms with Crippen LogP contribution in [-0.2, 0) is 11.3 Å². The van der Waals surface area contributed by atoms with Gasteiger partial charge in [0.2, 0.25) is 0 Å². The molecular weight excluding hydrogens is 278 g/mol. The topological polar surface area (TPSA) is 56.1 Å². The lowest BCUT2D eigenvalue weighted by atomic mass is 10.3. The second-order valence-corrected chi connectivity index (χ2v) is 5.02. The van der Waals surface area contributed by atoms with Crippen molar-refractivity contribution in [2.45, 2.75) is 46.1 Å². The van der Waals surface area contributed by atoms with Gasteiger partial charge in [0, 0.05) is 26.3 Å². The lowest BCUT2D eigenvalue weighted by Crippen LogP contribution is -2.24. The number of nitrogens with zero attached hydrogens (tertiary/aromatic N) is 2. The van der Waals surface area contributed by atoms with Crippen molar-refractivity contribution in [1.82, 2.24) is 9.78 Å². The predicted octanol–water partition coefficient (Wildman–Crippen LogP) is 2.93. The number of aryl methyl sites for hydroxylation is 1. The number of anilines is 1. The van der Waals surface area contributed by atoms with Crippen molar-refractivity contribution in [1.29, 1.82) is 0 Å². The third-order valence-corrected chi connectivity index (χ3v) is 3.21. The molecule has 0 aliphatic heterocycles. The summed E-state index contributed by atoms with van der Waals surface area (Å²) in [6.07, 6.45) is 5.58. The van der Waals surface area contributed by atoms with Crippen molar-refractivity contribution in [3.63, 3.8) is 0 Å². The first-order valence-corrected chi connectivity index (χ1v) is 7.65. The fraction of sp³-hybridized carbons (Fsp3) is 0.714. The minimum absolute atomic E-state index is 0.209. The zero-order valence-electron chi connectivity index (χ0n) is 12.3. The summed E-state index contributed by atoms with van der Waals surface area (Å²) in [7, 11) is 0. The average Bonchev–Trinajstić information content (AvgIpc) is 2.45. The summed E-state index contributed by atoms with van der Waals surface area (Å²) in [5.74, 6) is 0. The van der Waals surface area contributed by atoms with Crippen molar-refractivity contribution >= 4 is 17.3 Å². The van der Waals surface area contributed by atoms with E-state index in [1.807, 2.05) is 6.92 Å². The molecular formula is C14H24ClN3O2. The zero-order valence-corrected chi connectivity index (χ0v) is 13.1. The normalized spacial score (nSPS) is 10.8. The fourth-order valence-corrected chi connectivity index (χ4v) is 1.92. The Balaban J connectivity index is 2.37. The molecule has 0 amide bonds. The highest BCUT2D eigenvalue weighted by Gasteiger charge is 2.08. The van der Waals surface area contributed by atoms with E-state index >= 15 is 0 Å². The van der Waals surface area contributed by atoms with Gasteiger partial charge in [0.15, 0.2) is 0 Å².